The van der Waals surface area contributed by atoms with Gasteiger partial charge in [-0.25, -0.2) is 4.98 Å². The quantitative estimate of drug-likeness (QED) is 0.725. The van der Waals surface area contributed by atoms with Crippen LogP contribution < -0.4 is 14.8 Å². The van der Waals surface area contributed by atoms with Gasteiger partial charge in [-0.05, 0) is 37.5 Å². The predicted molar refractivity (Wildman–Crippen MR) is 104 cm³/mol. The molecule has 1 aliphatic heterocycles. The van der Waals surface area contributed by atoms with Gasteiger partial charge in [-0.3, -0.25) is 4.79 Å². The molecule has 0 saturated heterocycles. The van der Waals surface area contributed by atoms with Crippen LogP contribution in [0.3, 0.4) is 0 Å². The van der Waals surface area contributed by atoms with Crippen molar-refractivity contribution in [2.45, 2.75) is 25.2 Å². The number of thiazole rings is 1. The molecule has 1 saturated carbocycles. The molecule has 1 N–H and O–H groups in total. The third-order valence-electron chi connectivity index (χ3n) is 5.18. The van der Waals surface area contributed by atoms with Crippen LogP contribution >= 0.6 is 11.3 Å². The monoisotopic (exact) mass is 378 g/mol. The van der Waals surface area contributed by atoms with E-state index in [1.807, 2.05) is 35.7 Å². The van der Waals surface area contributed by atoms with Crippen molar-refractivity contribution in [2.24, 2.45) is 0 Å². The van der Waals surface area contributed by atoms with Crippen molar-refractivity contribution in [3.8, 4) is 22.8 Å². The van der Waals surface area contributed by atoms with Crippen molar-refractivity contribution >= 4 is 22.4 Å². The highest BCUT2D eigenvalue weighted by molar-refractivity contribution is 7.14. The molecular weight excluding hydrogens is 360 g/mol. The molecule has 2 heterocycles. The molecular formula is C21H18N2O3S. The van der Waals surface area contributed by atoms with Gasteiger partial charge in [0.2, 0.25) is 12.7 Å². The van der Waals surface area contributed by atoms with Gasteiger partial charge < -0.3 is 14.8 Å². The van der Waals surface area contributed by atoms with Crippen LogP contribution in [0, 0.1) is 6.92 Å². The Morgan fingerprint density at radius 1 is 1.11 bits per heavy atom. The minimum Gasteiger partial charge on any atom is -0.454 e. The van der Waals surface area contributed by atoms with Gasteiger partial charge in [-0.1, -0.05) is 35.9 Å². The molecule has 0 radical (unpaired) electrons. The molecule has 1 aliphatic carbocycles. The Labute approximate surface area is 161 Å². The number of hydrogen-bond donors (Lipinski definition) is 1. The normalized spacial score (nSPS) is 16.2. The maximum absolute atomic E-state index is 13.0. The molecule has 5 nitrogen and oxygen atoms in total. The van der Waals surface area contributed by atoms with Gasteiger partial charge in [-0.15, -0.1) is 11.3 Å². The number of nitrogens with one attached hydrogen (secondary N) is 1. The fourth-order valence-corrected chi connectivity index (χ4v) is 4.09. The second-order valence-electron chi connectivity index (χ2n) is 7.01. The third kappa shape index (κ3) is 2.86. The second kappa shape index (κ2) is 6.09. The van der Waals surface area contributed by atoms with E-state index < -0.39 is 5.41 Å². The van der Waals surface area contributed by atoms with E-state index in [1.54, 1.807) is 0 Å². The Morgan fingerprint density at radius 3 is 2.67 bits per heavy atom. The molecule has 1 aromatic heterocycles. The summed E-state index contributed by atoms with van der Waals surface area (Å²) >= 11 is 1.45. The van der Waals surface area contributed by atoms with Crippen molar-refractivity contribution < 1.29 is 14.3 Å². The van der Waals surface area contributed by atoms with Crippen LogP contribution in [0.4, 0.5) is 5.13 Å². The smallest absolute Gasteiger partial charge is 0.236 e. The molecule has 2 aromatic carbocycles. The zero-order chi connectivity index (χ0) is 18.4. The van der Waals surface area contributed by atoms with Crippen LogP contribution in [-0.4, -0.2) is 17.7 Å². The summed E-state index contributed by atoms with van der Waals surface area (Å²) in [5.41, 5.74) is 3.62. The molecule has 0 unspecified atom stereocenters. The summed E-state index contributed by atoms with van der Waals surface area (Å²) in [7, 11) is 0. The van der Waals surface area contributed by atoms with Gasteiger partial charge in [0.25, 0.3) is 0 Å². The van der Waals surface area contributed by atoms with E-state index in [4.69, 9.17) is 9.47 Å². The summed E-state index contributed by atoms with van der Waals surface area (Å²) in [6.45, 7) is 2.29. The summed E-state index contributed by atoms with van der Waals surface area (Å²) < 4.78 is 10.8. The van der Waals surface area contributed by atoms with E-state index in [1.165, 1.54) is 16.9 Å². The highest BCUT2D eigenvalue weighted by atomic mass is 32.1. The van der Waals surface area contributed by atoms with Crippen LogP contribution in [-0.2, 0) is 10.2 Å². The number of benzene rings is 2. The molecule has 1 fully saturated rings. The lowest BCUT2D eigenvalue weighted by Gasteiger charge is -2.15. The van der Waals surface area contributed by atoms with E-state index in [0.717, 1.165) is 35.4 Å². The van der Waals surface area contributed by atoms with Crippen molar-refractivity contribution in [1.82, 2.24) is 4.98 Å². The number of aryl methyl sites for hydroxylation is 1. The number of amides is 1. The zero-order valence-corrected chi connectivity index (χ0v) is 15.6. The molecule has 136 valence electrons. The molecule has 2 aliphatic rings. The molecule has 5 rings (SSSR count). The lowest BCUT2D eigenvalue weighted by Crippen LogP contribution is -2.27. The maximum atomic E-state index is 13.0. The van der Waals surface area contributed by atoms with Gasteiger partial charge in [0.05, 0.1) is 11.1 Å². The number of rotatable bonds is 4. The van der Waals surface area contributed by atoms with Crippen molar-refractivity contribution in [1.29, 1.82) is 0 Å². The van der Waals surface area contributed by atoms with E-state index in [0.29, 0.717) is 10.9 Å². The van der Waals surface area contributed by atoms with Crippen molar-refractivity contribution in [3.05, 3.63) is 59.0 Å². The Morgan fingerprint density at radius 2 is 1.89 bits per heavy atom. The van der Waals surface area contributed by atoms with Crippen LogP contribution in [0.2, 0.25) is 0 Å². The Kier molecular flexibility index (Phi) is 3.68. The fraction of sp³-hybridized carbons (Fsp3) is 0.238. The average Bonchev–Trinajstić information content (AvgIpc) is 3.14. The zero-order valence-electron chi connectivity index (χ0n) is 14.8. The molecule has 1 amide bonds. The lowest BCUT2D eigenvalue weighted by atomic mass is 9.94. The number of carbonyl (C=O) groups is 1. The first kappa shape index (κ1) is 16.3. The van der Waals surface area contributed by atoms with Crippen molar-refractivity contribution in [2.75, 3.05) is 12.1 Å². The number of aromatic nitrogens is 1. The standard InChI is InChI=1S/C21H18N2O3S/c1-13-2-4-14(5-3-13)16-11-27-20(22-16)23-19(24)21(8-9-21)15-6-7-17-18(10-15)26-12-25-17/h2-7,10-11H,8-9,12H2,1H3,(H,22,23,24). The second-order valence-corrected chi connectivity index (χ2v) is 7.87. The summed E-state index contributed by atoms with van der Waals surface area (Å²) in [5, 5.41) is 5.61. The minimum atomic E-state index is -0.489. The van der Waals surface area contributed by atoms with Gasteiger partial charge in [0, 0.05) is 10.9 Å². The number of nitrogens with zero attached hydrogens (tertiary/aromatic N) is 1. The molecule has 6 heteroatoms. The summed E-state index contributed by atoms with van der Waals surface area (Å²) in [5.74, 6) is 1.44. The van der Waals surface area contributed by atoms with Crippen molar-refractivity contribution in [3.63, 3.8) is 0 Å². The molecule has 3 aromatic rings. The molecule has 0 bridgehead atoms. The largest absolute Gasteiger partial charge is 0.454 e. The number of carbonyl (C=O) groups excluding carboxylic acids is 1. The van der Waals surface area contributed by atoms with Crippen LogP contribution in [0.25, 0.3) is 11.3 Å². The lowest BCUT2D eigenvalue weighted by molar-refractivity contribution is -0.118. The van der Waals surface area contributed by atoms with E-state index in [9.17, 15) is 4.79 Å². The third-order valence-corrected chi connectivity index (χ3v) is 5.94. The highest BCUT2D eigenvalue weighted by Gasteiger charge is 2.52. The first-order valence-corrected chi connectivity index (χ1v) is 9.76. The van der Waals surface area contributed by atoms with E-state index in [2.05, 4.69) is 29.4 Å². The molecule has 27 heavy (non-hydrogen) atoms. The maximum Gasteiger partial charge on any atom is 0.236 e. The Balaban J connectivity index is 1.35. The van der Waals surface area contributed by atoms with Gasteiger partial charge >= 0.3 is 0 Å². The van der Waals surface area contributed by atoms with Gasteiger partial charge in [0.1, 0.15) is 0 Å². The SMILES string of the molecule is Cc1ccc(-c2csc(NC(=O)C3(c4ccc5c(c4)OCO5)CC3)n2)cc1. The number of hydrogen-bond acceptors (Lipinski definition) is 5. The molecule has 0 spiro atoms. The van der Waals surface area contributed by atoms with Crippen LogP contribution in [0.5, 0.6) is 11.5 Å². The molecule has 0 atom stereocenters. The first-order valence-electron chi connectivity index (χ1n) is 8.88. The summed E-state index contributed by atoms with van der Waals surface area (Å²) in [6.07, 6.45) is 1.66. The number of anilines is 1. The summed E-state index contributed by atoms with van der Waals surface area (Å²) in [4.78, 5) is 17.6. The highest BCUT2D eigenvalue weighted by Crippen LogP contribution is 2.51. The average molecular weight is 378 g/mol. The predicted octanol–water partition coefficient (Wildman–Crippen LogP) is 4.52. The Hall–Kier alpha value is -2.86. The number of fused-ring (bicyclic) bond motifs is 1. The van der Waals surface area contributed by atoms with E-state index in [-0.39, 0.29) is 12.7 Å². The van der Waals surface area contributed by atoms with Gasteiger partial charge in [-0.2, -0.15) is 0 Å². The summed E-state index contributed by atoms with van der Waals surface area (Å²) in [6, 6.07) is 14.0. The van der Waals surface area contributed by atoms with E-state index >= 15 is 0 Å². The van der Waals surface area contributed by atoms with Gasteiger partial charge in [0.15, 0.2) is 16.6 Å². The fourth-order valence-electron chi connectivity index (χ4n) is 3.37. The minimum absolute atomic E-state index is 0.00817. The van der Waals surface area contributed by atoms with Crippen LogP contribution in [0.15, 0.2) is 47.8 Å². The topological polar surface area (TPSA) is 60.5 Å². The van der Waals surface area contributed by atoms with Crippen LogP contribution in [0.1, 0.15) is 24.0 Å². The number of ether oxygens (including phenoxy) is 2. The Bertz CT molecular complexity index is 1020. The first-order chi connectivity index (χ1) is 13.1.